The Labute approximate surface area is 189 Å². The van der Waals surface area contributed by atoms with Gasteiger partial charge >= 0.3 is 5.97 Å². The summed E-state index contributed by atoms with van der Waals surface area (Å²) < 4.78 is 21.5. The Morgan fingerprint density at radius 3 is 2.71 bits per heavy atom. The Kier molecular flexibility index (Phi) is 8.60. The first kappa shape index (κ1) is 23.4. The topological polar surface area (TPSA) is 61.3 Å². The molecule has 0 amide bonds. The summed E-state index contributed by atoms with van der Waals surface area (Å²) in [6, 6.07) is 10.0. The molecule has 0 saturated carbocycles. The number of hydrogen-bond acceptors (Lipinski definition) is 6. The van der Waals surface area contributed by atoms with Crippen LogP contribution in [0.1, 0.15) is 69.9 Å². The van der Waals surface area contributed by atoms with Crippen LogP contribution >= 0.6 is 11.7 Å². The van der Waals surface area contributed by atoms with Crippen LogP contribution in [0.25, 0.3) is 5.57 Å². The smallest absolute Gasteiger partial charge is 0.310 e. The molecule has 3 rings (SSSR count). The number of carbonyl (C=O) groups is 1. The molecule has 2 unspecified atom stereocenters. The second-order valence-electron chi connectivity index (χ2n) is 8.31. The maximum absolute atomic E-state index is 12.3. The van der Waals surface area contributed by atoms with E-state index in [0.717, 1.165) is 36.2 Å². The molecular formula is C24H34N3O3S+. The van der Waals surface area contributed by atoms with E-state index in [1.807, 2.05) is 37.3 Å². The fourth-order valence-corrected chi connectivity index (χ4v) is 4.52. The number of likely N-dealkylation sites (N-methyl/N-ethyl adjacent to an activating group) is 1. The van der Waals surface area contributed by atoms with Gasteiger partial charge in [-0.25, -0.2) is 0 Å². The fourth-order valence-electron chi connectivity index (χ4n) is 3.99. The summed E-state index contributed by atoms with van der Waals surface area (Å²) in [5, 5.41) is 0. The van der Waals surface area contributed by atoms with Crippen molar-refractivity contribution in [3.63, 3.8) is 0 Å². The number of unbranched alkanes of at least 4 members (excludes halogenated alkanes) is 3. The van der Waals surface area contributed by atoms with Crippen LogP contribution in [-0.2, 0) is 9.53 Å². The molecule has 6 nitrogen and oxygen atoms in total. The molecule has 1 aromatic carbocycles. The predicted octanol–water partition coefficient (Wildman–Crippen LogP) is 5.38. The normalized spacial score (nSPS) is 19.5. The first-order valence-electron chi connectivity index (χ1n) is 11.3. The van der Waals surface area contributed by atoms with E-state index in [2.05, 4.69) is 28.8 Å². The summed E-state index contributed by atoms with van der Waals surface area (Å²) in [7, 11) is 2.15. The third-order valence-corrected chi connectivity index (χ3v) is 6.26. The van der Waals surface area contributed by atoms with Gasteiger partial charge in [0.25, 0.3) is 12.1 Å². The number of aromatic nitrogens is 2. The average Bonchev–Trinajstić information content (AvgIpc) is 3.26. The molecule has 1 aliphatic rings. The van der Waals surface area contributed by atoms with Crippen LogP contribution in [0.15, 0.2) is 36.4 Å². The Bertz CT molecular complexity index is 868. The molecule has 0 bridgehead atoms. The van der Waals surface area contributed by atoms with Crippen LogP contribution in [0.4, 0.5) is 0 Å². The number of quaternary nitrogens is 1. The lowest BCUT2D eigenvalue weighted by molar-refractivity contribution is -0.953. The van der Waals surface area contributed by atoms with E-state index in [0.29, 0.717) is 29.9 Å². The van der Waals surface area contributed by atoms with E-state index in [9.17, 15) is 4.79 Å². The molecule has 0 saturated heterocycles. The van der Waals surface area contributed by atoms with E-state index < -0.39 is 0 Å². The van der Waals surface area contributed by atoms with E-state index >= 15 is 0 Å². The van der Waals surface area contributed by atoms with Crippen molar-refractivity contribution in [3.05, 3.63) is 47.7 Å². The zero-order valence-corrected chi connectivity index (χ0v) is 19.7. The number of hydrogen-bond donors (Lipinski definition) is 0. The summed E-state index contributed by atoms with van der Waals surface area (Å²) >= 11 is 1.19. The molecule has 7 heteroatoms. The first-order chi connectivity index (χ1) is 15.1. The zero-order chi connectivity index (χ0) is 22.1. The molecule has 0 radical (unpaired) electrons. The number of carbonyl (C=O) groups excluding carboxylic acids is 1. The molecule has 0 fully saturated rings. The van der Waals surface area contributed by atoms with Gasteiger partial charge in [-0.15, -0.1) is 4.37 Å². The molecule has 0 N–H and O–H groups in total. The molecule has 2 aromatic rings. The monoisotopic (exact) mass is 444 g/mol. The van der Waals surface area contributed by atoms with Crippen molar-refractivity contribution in [2.75, 3.05) is 26.7 Å². The zero-order valence-electron chi connectivity index (χ0n) is 18.9. The Morgan fingerprint density at radius 2 is 1.97 bits per heavy atom. The highest BCUT2D eigenvalue weighted by atomic mass is 32.1. The molecule has 1 aromatic heterocycles. The molecule has 0 aliphatic carbocycles. The van der Waals surface area contributed by atoms with Gasteiger partial charge in [-0.2, -0.15) is 4.37 Å². The molecule has 0 spiro atoms. The lowest BCUT2D eigenvalue weighted by Gasteiger charge is -2.42. The van der Waals surface area contributed by atoms with Crippen molar-refractivity contribution in [1.82, 2.24) is 8.75 Å². The Hall–Kier alpha value is -2.25. The maximum Gasteiger partial charge on any atom is 0.310 e. The second kappa shape index (κ2) is 11.4. The van der Waals surface area contributed by atoms with Crippen LogP contribution < -0.4 is 4.74 Å². The highest BCUT2D eigenvalue weighted by Crippen LogP contribution is 2.37. The minimum absolute atomic E-state index is 0.185. The van der Waals surface area contributed by atoms with Crippen molar-refractivity contribution in [1.29, 1.82) is 0 Å². The van der Waals surface area contributed by atoms with Crippen molar-refractivity contribution >= 4 is 23.3 Å². The maximum atomic E-state index is 12.3. The summed E-state index contributed by atoms with van der Waals surface area (Å²) in [4.78, 5) is 12.3. The first-order valence-corrected chi connectivity index (χ1v) is 12.0. The van der Waals surface area contributed by atoms with Crippen LogP contribution in [0, 0.1) is 0 Å². The number of nitrogens with zero attached hydrogens (tertiary/aromatic N) is 3. The molecule has 2 heterocycles. The van der Waals surface area contributed by atoms with Gasteiger partial charge in [0.15, 0.2) is 0 Å². The molecule has 31 heavy (non-hydrogen) atoms. The van der Waals surface area contributed by atoms with Crippen molar-refractivity contribution < 1.29 is 18.8 Å². The molecule has 1 aliphatic heterocycles. The van der Waals surface area contributed by atoms with E-state index in [1.165, 1.54) is 31.0 Å². The second-order valence-corrected chi connectivity index (χ2v) is 8.84. The van der Waals surface area contributed by atoms with Crippen LogP contribution in [0.5, 0.6) is 5.88 Å². The standard InChI is InChI=1S/C24H34N3O3S/c1-4-6-7-11-17-29-23-22(25-31-26-23)20-15-12-16-27(3,18-20)24(30-21(28)5-2)19-13-9-8-10-14-19/h8-10,13-15,24H,4-7,11-12,16-18H2,1-3H3/q+1. The largest absolute Gasteiger partial charge is 0.475 e. The van der Waals surface area contributed by atoms with E-state index in [1.54, 1.807) is 0 Å². The van der Waals surface area contributed by atoms with Gasteiger partial charge in [0.2, 0.25) is 0 Å². The van der Waals surface area contributed by atoms with Gasteiger partial charge < -0.3 is 9.47 Å². The molecular weight excluding hydrogens is 410 g/mol. The van der Waals surface area contributed by atoms with Gasteiger partial charge in [0.1, 0.15) is 12.2 Å². The number of ether oxygens (including phenoxy) is 2. The van der Waals surface area contributed by atoms with Crippen molar-refractivity contribution in [2.45, 2.75) is 58.6 Å². The molecule has 168 valence electrons. The van der Waals surface area contributed by atoms with Crippen molar-refractivity contribution in [2.24, 2.45) is 0 Å². The Balaban J connectivity index is 1.77. The third-order valence-electron chi connectivity index (χ3n) is 5.74. The quantitative estimate of drug-likeness (QED) is 0.264. The minimum atomic E-state index is -0.359. The van der Waals surface area contributed by atoms with Crippen LogP contribution in [0.2, 0.25) is 0 Å². The van der Waals surface area contributed by atoms with Crippen molar-refractivity contribution in [3.8, 4) is 5.88 Å². The van der Waals surface area contributed by atoms with Crippen LogP contribution in [0.3, 0.4) is 0 Å². The van der Waals surface area contributed by atoms with Crippen LogP contribution in [-0.4, -0.2) is 45.9 Å². The van der Waals surface area contributed by atoms with Gasteiger partial charge in [-0.05, 0) is 18.6 Å². The number of benzene rings is 1. The third kappa shape index (κ3) is 6.14. The average molecular weight is 445 g/mol. The van der Waals surface area contributed by atoms with E-state index in [4.69, 9.17) is 9.47 Å². The lowest BCUT2D eigenvalue weighted by atomic mass is 10.0. The van der Waals surface area contributed by atoms with Gasteiger partial charge in [-0.3, -0.25) is 9.28 Å². The van der Waals surface area contributed by atoms with Gasteiger partial charge in [0, 0.05) is 18.4 Å². The SMILES string of the molecule is CCCCCCOc1nsnc1C1=CCC[N+](C)(C(OC(=O)CC)c2ccccc2)C1. The summed E-state index contributed by atoms with van der Waals surface area (Å²) in [5.74, 6) is 0.443. The summed E-state index contributed by atoms with van der Waals surface area (Å²) in [6.07, 6.45) is 7.74. The van der Waals surface area contributed by atoms with Gasteiger partial charge in [-0.1, -0.05) is 57.4 Å². The van der Waals surface area contributed by atoms with Gasteiger partial charge in [0.05, 0.1) is 37.5 Å². The summed E-state index contributed by atoms with van der Waals surface area (Å²) in [5.41, 5.74) is 2.95. The Morgan fingerprint density at radius 1 is 1.16 bits per heavy atom. The minimum Gasteiger partial charge on any atom is -0.475 e. The van der Waals surface area contributed by atoms with E-state index in [-0.39, 0.29) is 12.2 Å². The molecule has 2 atom stereocenters. The number of esters is 1. The highest BCUT2D eigenvalue weighted by Gasteiger charge is 2.40. The lowest BCUT2D eigenvalue weighted by Crippen LogP contribution is -2.51. The highest BCUT2D eigenvalue weighted by molar-refractivity contribution is 6.99. The predicted molar refractivity (Wildman–Crippen MR) is 124 cm³/mol. The summed E-state index contributed by atoms with van der Waals surface area (Å²) in [6.45, 7) is 6.28. The fraction of sp³-hybridized carbons (Fsp3) is 0.542. The number of rotatable bonds is 11.